The maximum absolute atomic E-state index is 12.9. The van der Waals surface area contributed by atoms with Crippen LogP contribution < -0.4 is 10.5 Å². The maximum atomic E-state index is 12.9. The van der Waals surface area contributed by atoms with E-state index in [2.05, 4.69) is 9.72 Å². The molecule has 1 aromatic heterocycles. The summed E-state index contributed by atoms with van der Waals surface area (Å²) in [4.78, 5) is 3.09. The summed E-state index contributed by atoms with van der Waals surface area (Å²) in [7, 11) is 1.22. The fourth-order valence-corrected chi connectivity index (χ4v) is 1.02. The molecule has 3 nitrogen and oxygen atoms in total. The van der Waals surface area contributed by atoms with Crippen molar-refractivity contribution in [1.29, 1.82) is 0 Å². The van der Waals surface area contributed by atoms with Crippen LogP contribution in [-0.2, 0) is 6.54 Å². The molecule has 0 aromatic carbocycles. The Morgan fingerprint density at radius 2 is 2.21 bits per heavy atom. The van der Waals surface area contributed by atoms with Gasteiger partial charge in [0.15, 0.2) is 5.75 Å². The van der Waals surface area contributed by atoms with Gasteiger partial charge in [-0.05, 0) is 11.6 Å². The minimum atomic E-state index is -2.84. The lowest BCUT2D eigenvalue weighted by Gasteiger charge is -2.08. The van der Waals surface area contributed by atoms with Gasteiger partial charge in [0.25, 0.3) is 12.4 Å². The summed E-state index contributed by atoms with van der Waals surface area (Å²) in [5.74, 6) is -1.24. The zero-order chi connectivity index (χ0) is 10.7. The van der Waals surface area contributed by atoms with Crippen LogP contribution >= 0.6 is 0 Å². The highest BCUT2D eigenvalue weighted by Gasteiger charge is 2.18. The third kappa shape index (κ3) is 1.95. The molecule has 1 aromatic rings. The van der Waals surface area contributed by atoms with E-state index in [1.807, 2.05) is 0 Å². The van der Waals surface area contributed by atoms with E-state index in [0.717, 1.165) is 6.07 Å². The molecule has 0 saturated carbocycles. The molecule has 0 amide bonds. The highest BCUT2D eigenvalue weighted by atomic mass is 19.3. The molecule has 78 valence electrons. The van der Waals surface area contributed by atoms with E-state index in [-0.39, 0.29) is 17.9 Å². The zero-order valence-corrected chi connectivity index (χ0v) is 7.43. The smallest absolute Gasteiger partial charge is 0.280 e. The number of hydrogen-bond donors (Lipinski definition) is 1. The SMILES string of the molecule is COc1cc(CN)c(C(F)F)nc1F. The number of hydrogen-bond acceptors (Lipinski definition) is 3. The molecule has 6 heteroatoms. The Balaban J connectivity index is 3.24. The molecule has 0 aliphatic carbocycles. The van der Waals surface area contributed by atoms with E-state index >= 15 is 0 Å². The molecule has 2 N–H and O–H groups in total. The van der Waals surface area contributed by atoms with E-state index in [1.165, 1.54) is 7.11 Å². The first-order chi connectivity index (χ1) is 6.60. The quantitative estimate of drug-likeness (QED) is 0.764. The lowest BCUT2D eigenvalue weighted by molar-refractivity contribution is 0.143. The molecule has 0 spiro atoms. The lowest BCUT2D eigenvalue weighted by Crippen LogP contribution is -2.07. The summed E-state index contributed by atoms with van der Waals surface area (Å²) in [6.07, 6.45) is -2.84. The Hall–Kier alpha value is -1.30. The third-order valence-electron chi connectivity index (χ3n) is 1.70. The number of ether oxygens (including phenoxy) is 1. The van der Waals surface area contributed by atoms with Crippen molar-refractivity contribution < 1.29 is 17.9 Å². The molecule has 1 rings (SSSR count). The van der Waals surface area contributed by atoms with Crippen molar-refractivity contribution in [3.8, 4) is 5.75 Å². The molecule has 0 aliphatic rings. The highest BCUT2D eigenvalue weighted by Crippen LogP contribution is 2.25. The summed E-state index contributed by atoms with van der Waals surface area (Å²) in [5.41, 5.74) is 4.66. The van der Waals surface area contributed by atoms with Crippen molar-refractivity contribution in [2.45, 2.75) is 13.0 Å². The van der Waals surface area contributed by atoms with Crippen molar-refractivity contribution in [2.24, 2.45) is 5.73 Å². The first-order valence-corrected chi connectivity index (χ1v) is 3.81. The average Bonchev–Trinajstić information content (AvgIpc) is 2.17. The zero-order valence-electron chi connectivity index (χ0n) is 7.43. The maximum Gasteiger partial charge on any atom is 0.280 e. The number of nitrogens with two attached hydrogens (primary N) is 1. The van der Waals surface area contributed by atoms with Gasteiger partial charge in [0.2, 0.25) is 0 Å². The van der Waals surface area contributed by atoms with Gasteiger partial charge >= 0.3 is 0 Å². The topological polar surface area (TPSA) is 48.1 Å². The Morgan fingerprint density at radius 3 is 2.64 bits per heavy atom. The van der Waals surface area contributed by atoms with E-state index in [0.29, 0.717) is 0 Å². The fourth-order valence-electron chi connectivity index (χ4n) is 1.02. The number of methoxy groups -OCH3 is 1. The molecular formula is C8H9F3N2O. The second-order valence-electron chi connectivity index (χ2n) is 2.53. The van der Waals surface area contributed by atoms with E-state index < -0.39 is 18.1 Å². The molecule has 0 bridgehead atoms. The van der Waals surface area contributed by atoms with Crippen LogP contribution in [0.2, 0.25) is 0 Å². The van der Waals surface area contributed by atoms with Crippen molar-refractivity contribution >= 4 is 0 Å². The van der Waals surface area contributed by atoms with E-state index in [4.69, 9.17) is 5.73 Å². The van der Waals surface area contributed by atoms with Gasteiger partial charge in [0.1, 0.15) is 5.69 Å². The minimum absolute atomic E-state index is 0.0817. The van der Waals surface area contributed by atoms with Crippen LogP contribution in [0.15, 0.2) is 6.07 Å². The number of nitrogens with zero attached hydrogens (tertiary/aromatic N) is 1. The number of alkyl halides is 2. The largest absolute Gasteiger partial charge is 0.492 e. The Morgan fingerprint density at radius 1 is 1.57 bits per heavy atom. The Kier molecular flexibility index (Phi) is 3.29. The van der Waals surface area contributed by atoms with Crippen molar-refractivity contribution in [3.63, 3.8) is 0 Å². The summed E-state index contributed by atoms with van der Waals surface area (Å²) in [5, 5.41) is 0. The van der Waals surface area contributed by atoms with Gasteiger partial charge in [0, 0.05) is 6.54 Å². The first-order valence-electron chi connectivity index (χ1n) is 3.81. The predicted molar refractivity (Wildman–Crippen MR) is 43.6 cm³/mol. The standard InChI is InChI=1S/C8H9F3N2O/c1-14-5-2-4(3-12)6(7(9)10)13-8(5)11/h2,7H,3,12H2,1H3. The predicted octanol–water partition coefficient (Wildman–Crippen LogP) is 1.63. The second-order valence-corrected chi connectivity index (χ2v) is 2.53. The molecule has 0 fully saturated rings. The fraction of sp³-hybridized carbons (Fsp3) is 0.375. The molecule has 0 radical (unpaired) electrons. The lowest BCUT2D eigenvalue weighted by atomic mass is 10.2. The molecule has 0 aliphatic heterocycles. The van der Waals surface area contributed by atoms with Gasteiger partial charge in [-0.2, -0.15) is 4.39 Å². The van der Waals surface area contributed by atoms with Crippen molar-refractivity contribution in [3.05, 3.63) is 23.3 Å². The summed E-state index contributed by atoms with van der Waals surface area (Å²) < 4.78 is 42.1. The van der Waals surface area contributed by atoms with Gasteiger partial charge in [0.05, 0.1) is 7.11 Å². The number of halogens is 3. The minimum Gasteiger partial charge on any atom is -0.492 e. The van der Waals surface area contributed by atoms with Crippen molar-refractivity contribution in [1.82, 2.24) is 4.98 Å². The average molecular weight is 206 g/mol. The van der Waals surface area contributed by atoms with Gasteiger partial charge in [-0.1, -0.05) is 0 Å². The van der Waals surface area contributed by atoms with Crippen LogP contribution in [0.1, 0.15) is 17.7 Å². The molecule has 0 unspecified atom stereocenters. The molecule has 1 heterocycles. The number of aromatic nitrogens is 1. The Labute approximate surface area is 78.7 Å². The van der Waals surface area contributed by atoms with Gasteiger partial charge in [-0.15, -0.1) is 0 Å². The summed E-state index contributed by atoms with van der Waals surface area (Å²) in [6.45, 7) is -0.136. The van der Waals surface area contributed by atoms with Crippen LogP contribution in [0.3, 0.4) is 0 Å². The van der Waals surface area contributed by atoms with Crippen LogP contribution in [0.25, 0.3) is 0 Å². The van der Waals surface area contributed by atoms with Crippen LogP contribution in [0.4, 0.5) is 13.2 Å². The Bertz CT molecular complexity index is 331. The molecule has 14 heavy (non-hydrogen) atoms. The summed E-state index contributed by atoms with van der Waals surface area (Å²) in [6, 6.07) is 1.13. The monoisotopic (exact) mass is 206 g/mol. The number of rotatable bonds is 3. The van der Waals surface area contributed by atoms with Crippen LogP contribution in [0, 0.1) is 5.95 Å². The van der Waals surface area contributed by atoms with Gasteiger partial charge < -0.3 is 10.5 Å². The number of pyridine rings is 1. The molecule has 0 atom stereocenters. The van der Waals surface area contributed by atoms with E-state index in [1.54, 1.807) is 0 Å². The molecule has 0 saturated heterocycles. The summed E-state index contributed by atoms with van der Waals surface area (Å²) >= 11 is 0. The van der Waals surface area contributed by atoms with Crippen LogP contribution in [0.5, 0.6) is 5.75 Å². The molecular weight excluding hydrogens is 197 g/mol. The van der Waals surface area contributed by atoms with Crippen molar-refractivity contribution in [2.75, 3.05) is 7.11 Å². The van der Waals surface area contributed by atoms with E-state index in [9.17, 15) is 13.2 Å². The second kappa shape index (κ2) is 4.28. The third-order valence-corrected chi connectivity index (χ3v) is 1.70. The highest BCUT2D eigenvalue weighted by molar-refractivity contribution is 5.31. The normalized spacial score (nSPS) is 10.7. The van der Waals surface area contributed by atoms with Crippen LogP contribution in [-0.4, -0.2) is 12.1 Å². The first kappa shape index (κ1) is 10.8. The van der Waals surface area contributed by atoms with Gasteiger partial charge in [-0.25, -0.2) is 13.8 Å². The van der Waals surface area contributed by atoms with Gasteiger partial charge in [-0.3, -0.25) is 0 Å².